The molecule has 104 valence electrons. The molecule has 1 fully saturated rings. The van der Waals surface area contributed by atoms with Gasteiger partial charge in [-0.1, -0.05) is 12.8 Å². The molecule has 0 atom stereocenters. The van der Waals surface area contributed by atoms with Crippen molar-refractivity contribution in [1.29, 1.82) is 0 Å². The van der Waals surface area contributed by atoms with Gasteiger partial charge in [-0.2, -0.15) is 0 Å². The molecule has 0 radical (unpaired) electrons. The van der Waals surface area contributed by atoms with E-state index >= 15 is 0 Å². The number of nitrogens with zero attached hydrogens (tertiary/aromatic N) is 1. The molecule has 5 nitrogen and oxygen atoms in total. The van der Waals surface area contributed by atoms with Crippen molar-refractivity contribution in [2.75, 3.05) is 13.7 Å². The fraction of sp³-hybridized carbons (Fsp3) is 0.538. The van der Waals surface area contributed by atoms with Gasteiger partial charge < -0.3 is 9.47 Å². The van der Waals surface area contributed by atoms with Gasteiger partial charge in [0.2, 0.25) is 0 Å². The molecular weight excluding hydrogens is 270 g/mol. The molecule has 1 aromatic carbocycles. The van der Waals surface area contributed by atoms with Crippen LogP contribution in [0.4, 0.5) is 5.69 Å². The number of ether oxygens (including phenoxy) is 2. The Morgan fingerprint density at radius 2 is 2.16 bits per heavy atom. The minimum atomic E-state index is -0.453. The molecular formula is C13H16ClNO4. The Hall–Kier alpha value is -1.49. The first-order valence-electron chi connectivity index (χ1n) is 6.19. The van der Waals surface area contributed by atoms with Crippen LogP contribution in [0.15, 0.2) is 12.1 Å². The molecule has 0 bridgehead atoms. The van der Waals surface area contributed by atoms with Crippen LogP contribution in [0.3, 0.4) is 0 Å². The van der Waals surface area contributed by atoms with Gasteiger partial charge in [0.1, 0.15) is 0 Å². The molecule has 0 heterocycles. The van der Waals surface area contributed by atoms with Gasteiger partial charge in [0, 0.05) is 5.56 Å². The van der Waals surface area contributed by atoms with E-state index in [-0.39, 0.29) is 11.6 Å². The normalized spacial score (nSPS) is 14.2. The molecule has 1 aliphatic rings. The zero-order valence-corrected chi connectivity index (χ0v) is 11.5. The average Bonchev–Trinajstić information content (AvgIpc) is 3.22. The van der Waals surface area contributed by atoms with Crippen molar-refractivity contribution in [1.82, 2.24) is 0 Å². The highest BCUT2D eigenvalue weighted by Crippen LogP contribution is 2.37. The molecule has 2 rings (SSSR count). The summed E-state index contributed by atoms with van der Waals surface area (Å²) in [5, 5.41) is 11.0. The van der Waals surface area contributed by atoms with E-state index in [9.17, 15) is 10.1 Å². The first-order valence-corrected chi connectivity index (χ1v) is 6.73. The van der Waals surface area contributed by atoms with E-state index in [4.69, 9.17) is 21.1 Å². The number of benzene rings is 1. The van der Waals surface area contributed by atoms with Gasteiger partial charge in [0.25, 0.3) is 5.69 Å². The Kier molecular flexibility index (Phi) is 4.47. The van der Waals surface area contributed by atoms with Gasteiger partial charge in [-0.25, -0.2) is 0 Å². The lowest BCUT2D eigenvalue weighted by Crippen LogP contribution is -2.02. The molecule has 0 saturated heterocycles. The molecule has 1 saturated carbocycles. The summed E-state index contributed by atoms with van der Waals surface area (Å²) in [5.41, 5.74) is 0.398. The molecule has 0 spiro atoms. The zero-order chi connectivity index (χ0) is 13.8. The van der Waals surface area contributed by atoms with E-state index in [1.54, 1.807) is 6.07 Å². The second-order valence-electron chi connectivity index (χ2n) is 4.60. The maximum Gasteiger partial charge on any atom is 0.277 e. The second-order valence-corrected chi connectivity index (χ2v) is 4.87. The second kappa shape index (κ2) is 6.10. The Balaban J connectivity index is 2.18. The number of rotatable bonds is 7. The number of halogens is 1. The third kappa shape index (κ3) is 3.50. The highest BCUT2D eigenvalue weighted by molar-refractivity contribution is 6.17. The molecule has 0 N–H and O–H groups in total. The van der Waals surface area contributed by atoms with Crippen LogP contribution in [0, 0.1) is 16.0 Å². The van der Waals surface area contributed by atoms with Crippen molar-refractivity contribution in [3.8, 4) is 11.5 Å². The third-order valence-corrected chi connectivity index (χ3v) is 3.47. The lowest BCUT2D eigenvalue weighted by Gasteiger charge is -2.12. The molecule has 6 heteroatoms. The van der Waals surface area contributed by atoms with Gasteiger partial charge in [-0.3, -0.25) is 10.1 Å². The molecule has 19 heavy (non-hydrogen) atoms. The first-order chi connectivity index (χ1) is 9.15. The van der Waals surface area contributed by atoms with Crippen molar-refractivity contribution >= 4 is 17.3 Å². The van der Waals surface area contributed by atoms with E-state index in [2.05, 4.69) is 0 Å². The Bertz CT molecular complexity index is 474. The summed E-state index contributed by atoms with van der Waals surface area (Å²) in [4.78, 5) is 10.5. The number of alkyl halides is 1. The lowest BCUT2D eigenvalue weighted by atomic mass is 10.2. The predicted molar refractivity (Wildman–Crippen MR) is 72.0 cm³/mol. The van der Waals surface area contributed by atoms with Gasteiger partial charge in [-0.05, 0) is 18.4 Å². The molecule has 0 amide bonds. The van der Waals surface area contributed by atoms with Crippen LogP contribution >= 0.6 is 11.6 Å². The molecule has 1 aliphatic carbocycles. The largest absolute Gasteiger partial charge is 0.493 e. The van der Waals surface area contributed by atoms with Gasteiger partial charge in [0.15, 0.2) is 11.5 Å². The summed E-state index contributed by atoms with van der Waals surface area (Å²) in [7, 11) is 1.51. The number of nitro benzene ring substituents is 1. The topological polar surface area (TPSA) is 61.6 Å². The van der Waals surface area contributed by atoms with Gasteiger partial charge >= 0.3 is 0 Å². The van der Waals surface area contributed by atoms with Crippen LogP contribution in [0.2, 0.25) is 0 Å². The maximum atomic E-state index is 11.0. The quantitative estimate of drug-likeness (QED) is 0.437. The minimum Gasteiger partial charge on any atom is -0.493 e. The highest BCUT2D eigenvalue weighted by atomic mass is 35.5. The van der Waals surface area contributed by atoms with Crippen molar-refractivity contribution in [2.24, 2.45) is 5.92 Å². The van der Waals surface area contributed by atoms with Crippen LogP contribution in [0.5, 0.6) is 11.5 Å². The first kappa shape index (κ1) is 13.9. The van der Waals surface area contributed by atoms with E-state index < -0.39 is 4.92 Å². The summed E-state index contributed by atoms with van der Waals surface area (Å²) in [5.74, 6) is 1.71. The average molecular weight is 286 g/mol. The van der Waals surface area contributed by atoms with Crippen LogP contribution in [0.25, 0.3) is 0 Å². The fourth-order valence-electron chi connectivity index (χ4n) is 1.88. The monoisotopic (exact) mass is 285 g/mol. The zero-order valence-electron chi connectivity index (χ0n) is 10.7. The van der Waals surface area contributed by atoms with Crippen molar-refractivity contribution in [3.05, 3.63) is 27.8 Å². The lowest BCUT2D eigenvalue weighted by molar-refractivity contribution is -0.385. The Morgan fingerprint density at radius 3 is 2.68 bits per heavy atom. The number of nitro groups is 1. The summed E-state index contributed by atoms with van der Waals surface area (Å²) in [6.07, 6.45) is 3.49. The third-order valence-electron chi connectivity index (χ3n) is 3.19. The number of hydrogen-bond acceptors (Lipinski definition) is 4. The summed E-state index contributed by atoms with van der Waals surface area (Å²) < 4.78 is 10.8. The minimum absolute atomic E-state index is 0.0304. The van der Waals surface area contributed by atoms with Crippen LogP contribution < -0.4 is 9.47 Å². The van der Waals surface area contributed by atoms with Crippen LogP contribution in [0.1, 0.15) is 24.8 Å². The molecule has 0 aliphatic heterocycles. The predicted octanol–water partition coefficient (Wildman–Crippen LogP) is 3.52. The van der Waals surface area contributed by atoms with E-state index in [0.29, 0.717) is 23.7 Å². The fourth-order valence-corrected chi connectivity index (χ4v) is 2.10. The van der Waals surface area contributed by atoms with E-state index in [1.165, 1.54) is 26.0 Å². The van der Waals surface area contributed by atoms with Crippen LogP contribution in [-0.4, -0.2) is 18.6 Å². The Labute approximate surface area is 116 Å². The summed E-state index contributed by atoms with van der Waals surface area (Å²) in [6, 6.07) is 2.96. The van der Waals surface area contributed by atoms with Crippen molar-refractivity contribution < 1.29 is 14.4 Å². The van der Waals surface area contributed by atoms with Crippen molar-refractivity contribution in [3.63, 3.8) is 0 Å². The molecule has 0 aromatic heterocycles. The van der Waals surface area contributed by atoms with E-state index in [0.717, 1.165) is 12.3 Å². The SMILES string of the molecule is COc1cc(CCl)c([N+](=O)[O-])cc1OCCC1CC1. The Morgan fingerprint density at radius 1 is 1.42 bits per heavy atom. The standard InChI is InChI=1S/C13H16ClNO4/c1-18-12-6-10(8-14)11(15(16)17)7-13(12)19-5-4-9-2-3-9/h6-7,9H,2-5,8H2,1H3. The maximum absolute atomic E-state index is 11.0. The van der Waals surface area contributed by atoms with Gasteiger partial charge in [-0.15, -0.1) is 11.6 Å². The van der Waals surface area contributed by atoms with Crippen LogP contribution in [-0.2, 0) is 5.88 Å². The van der Waals surface area contributed by atoms with Crippen molar-refractivity contribution in [2.45, 2.75) is 25.1 Å². The van der Waals surface area contributed by atoms with E-state index in [1.807, 2.05) is 0 Å². The highest BCUT2D eigenvalue weighted by Gasteiger charge is 2.22. The summed E-state index contributed by atoms with van der Waals surface area (Å²) in [6.45, 7) is 0.554. The summed E-state index contributed by atoms with van der Waals surface area (Å²) >= 11 is 5.71. The smallest absolute Gasteiger partial charge is 0.277 e. The van der Waals surface area contributed by atoms with Gasteiger partial charge in [0.05, 0.1) is 30.6 Å². The number of methoxy groups -OCH3 is 1. The molecule has 0 unspecified atom stereocenters. The number of hydrogen-bond donors (Lipinski definition) is 0. The molecule has 1 aromatic rings.